The quantitative estimate of drug-likeness (QED) is 0.680. The molecule has 0 atom stereocenters. The molecule has 4 nitrogen and oxygen atoms in total. The van der Waals surface area contributed by atoms with Crippen LogP contribution >= 0.6 is 22.9 Å². The number of halogens is 1. The maximum atomic E-state index is 12.2. The van der Waals surface area contributed by atoms with E-state index in [1.54, 1.807) is 23.5 Å². The smallest absolute Gasteiger partial charge is 0.240 e. The predicted octanol–water partition coefficient (Wildman–Crippen LogP) is 4.29. The predicted molar refractivity (Wildman–Crippen MR) is 103 cm³/mol. The fraction of sp³-hybridized carbons (Fsp3) is 0.167. The minimum atomic E-state index is -3.51. The first-order valence-corrected chi connectivity index (χ1v) is 10.4. The van der Waals surface area contributed by atoms with Crippen LogP contribution in [0.25, 0.3) is 11.3 Å². The molecule has 0 aliphatic heterocycles. The molecule has 0 saturated heterocycles. The Bertz CT molecular complexity index is 950. The molecular weight excluding hydrogens is 376 g/mol. The molecule has 0 saturated carbocycles. The van der Waals surface area contributed by atoms with Crippen LogP contribution < -0.4 is 4.72 Å². The summed E-state index contributed by atoms with van der Waals surface area (Å²) in [6.45, 7) is 2.31. The third-order valence-electron chi connectivity index (χ3n) is 3.70. The van der Waals surface area contributed by atoms with Crippen LogP contribution in [0.3, 0.4) is 0 Å². The Labute approximate surface area is 156 Å². The topological polar surface area (TPSA) is 59.1 Å². The Balaban J connectivity index is 1.59. The number of hydrogen-bond donors (Lipinski definition) is 1. The van der Waals surface area contributed by atoms with Gasteiger partial charge in [-0.15, -0.1) is 11.3 Å². The van der Waals surface area contributed by atoms with E-state index in [0.717, 1.165) is 21.8 Å². The fourth-order valence-electron chi connectivity index (χ4n) is 2.37. The van der Waals surface area contributed by atoms with E-state index in [9.17, 15) is 8.42 Å². The van der Waals surface area contributed by atoms with Crippen molar-refractivity contribution < 1.29 is 8.42 Å². The van der Waals surface area contributed by atoms with E-state index in [4.69, 9.17) is 11.6 Å². The van der Waals surface area contributed by atoms with Crippen molar-refractivity contribution >= 4 is 33.0 Å². The SMILES string of the molecule is Cc1nc(-c2ccc(CCNS(=O)(=O)c3ccc(Cl)cc3)cc2)cs1. The highest BCUT2D eigenvalue weighted by atomic mass is 35.5. The van der Waals surface area contributed by atoms with E-state index in [2.05, 4.69) is 9.71 Å². The van der Waals surface area contributed by atoms with Crippen LogP contribution in [0.15, 0.2) is 58.8 Å². The zero-order valence-electron chi connectivity index (χ0n) is 13.6. The number of aromatic nitrogens is 1. The van der Waals surface area contributed by atoms with Crippen molar-refractivity contribution in [2.45, 2.75) is 18.2 Å². The van der Waals surface area contributed by atoms with E-state index in [0.29, 0.717) is 18.0 Å². The summed E-state index contributed by atoms with van der Waals surface area (Å²) >= 11 is 7.41. The number of benzene rings is 2. The van der Waals surface area contributed by atoms with Crippen LogP contribution in [0.1, 0.15) is 10.6 Å². The Morgan fingerprint density at radius 3 is 2.36 bits per heavy atom. The highest BCUT2D eigenvalue weighted by Gasteiger charge is 2.13. The second-order valence-electron chi connectivity index (χ2n) is 5.55. The molecule has 0 amide bonds. The summed E-state index contributed by atoms with van der Waals surface area (Å²) in [4.78, 5) is 4.68. The van der Waals surface area contributed by atoms with Crippen LogP contribution in [0, 0.1) is 6.92 Å². The highest BCUT2D eigenvalue weighted by Crippen LogP contribution is 2.22. The maximum Gasteiger partial charge on any atom is 0.240 e. The third-order valence-corrected chi connectivity index (χ3v) is 6.20. The normalized spacial score (nSPS) is 11.6. The van der Waals surface area contributed by atoms with E-state index < -0.39 is 10.0 Å². The lowest BCUT2D eigenvalue weighted by molar-refractivity contribution is 0.581. The van der Waals surface area contributed by atoms with Gasteiger partial charge < -0.3 is 0 Å². The molecule has 130 valence electrons. The summed E-state index contributed by atoms with van der Waals surface area (Å²) in [6, 6.07) is 14.1. The van der Waals surface area contributed by atoms with Gasteiger partial charge in [-0.3, -0.25) is 0 Å². The molecule has 2 aromatic carbocycles. The molecule has 0 aliphatic rings. The minimum absolute atomic E-state index is 0.214. The molecule has 3 rings (SSSR count). The largest absolute Gasteiger partial charge is 0.242 e. The number of sulfonamides is 1. The molecule has 0 radical (unpaired) electrons. The third kappa shape index (κ3) is 4.67. The van der Waals surface area contributed by atoms with Gasteiger partial charge in [0.15, 0.2) is 0 Å². The van der Waals surface area contributed by atoms with Crippen molar-refractivity contribution in [2.75, 3.05) is 6.54 Å². The molecule has 1 heterocycles. The van der Waals surface area contributed by atoms with Gasteiger partial charge in [-0.25, -0.2) is 18.1 Å². The summed E-state index contributed by atoms with van der Waals surface area (Å²) in [5.41, 5.74) is 3.10. The lowest BCUT2D eigenvalue weighted by atomic mass is 10.1. The number of nitrogens with one attached hydrogen (secondary N) is 1. The molecule has 7 heteroatoms. The van der Waals surface area contributed by atoms with Crippen molar-refractivity contribution in [3.05, 3.63) is 69.5 Å². The second kappa shape index (κ2) is 7.66. The van der Waals surface area contributed by atoms with Crippen molar-refractivity contribution in [1.29, 1.82) is 0 Å². The van der Waals surface area contributed by atoms with E-state index in [-0.39, 0.29) is 4.90 Å². The minimum Gasteiger partial charge on any atom is -0.242 e. The van der Waals surface area contributed by atoms with Crippen LogP contribution in [-0.2, 0) is 16.4 Å². The number of aryl methyl sites for hydroxylation is 1. The summed E-state index contributed by atoms with van der Waals surface area (Å²) in [6.07, 6.45) is 0.614. The number of hydrogen-bond acceptors (Lipinski definition) is 4. The first kappa shape index (κ1) is 18.1. The second-order valence-corrected chi connectivity index (χ2v) is 8.82. The van der Waals surface area contributed by atoms with E-state index in [1.807, 2.05) is 36.6 Å². The average Bonchev–Trinajstić information content (AvgIpc) is 3.02. The monoisotopic (exact) mass is 392 g/mol. The summed E-state index contributed by atoms with van der Waals surface area (Å²) in [5, 5.41) is 3.58. The maximum absolute atomic E-state index is 12.2. The molecule has 0 aliphatic carbocycles. The lowest BCUT2D eigenvalue weighted by Crippen LogP contribution is -2.25. The highest BCUT2D eigenvalue weighted by molar-refractivity contribution is 7.89. The summed E-state index contributed by atoms with van der Waals surface area (Å²) < 4.78 is 27.0. The molecule has 1 N–H and O–H groups in total. The van der Waals surface area contributed by atoms with Gasteiger partial charge in [-0.2, -0.15) is 0 Å². The van der Waals surface area contributed by atoms with Crippen molar-refractivity contribution in [2.24, 2.45) is 0 Å². The summed E-state index contributed by atoms with van der Waals surface area (Å²) in [5.74, 6) is 0. The summed E-state index contributed by atoms with van der Waals surface area (Å²) in [7, 11) is -3.51. The molecule has 25 heavy (non-hydrogen) atoms. The molecule has 0 unspecified atom stereocenters. The Kier molecular flexibility index (Phi) is 5.54. The van der Waals surface area contributed by atoms with E-state index in [1.165, 1.54) is 12.1 Å². The van der Waals surface area contributed by atoms with Crippen molar-refractivity contribution in [3.63, 3.8) is 0 Å². The molecule has 0 bridgehead atoms. The first-order chi connectivity index (χ1) is 11.9. The number of nitrogens with zero attached hydrogens (tertiary/aromatic N) is 1. The Morgan fingerprint density at radius 1 is 1.08 bits per heavy atom. The molecule has 3 aromatic rings. The van der Waals surface area contributed by atoms with Crippen molar-refractivity contribution in [3.8, 4) is 11.3 Å². The van der Waals surface area contributed by atoms with Crippen LogP contribution in [0.4, 0.5) is 0 Å². The van der Waals surface area contributed by atoms with Gasteiger partial charge in [0.25, 0.3) is 0 Å². The Hall–Kier alpha value is -1.73. The van der Waals surface area contributed by atoms with Crippen molar-refractivity contribution in [1.82, 2.24) is 9.71 Å². The van der Waals surface area contributed by atoms with Gasteiger partial charge in [0.05, 0.1) is 15.6 Å². The average molecular weight is 393 g/mol. The van der Waals surface area contributed by atoms with Gasteiger partial charge >= 0.3 is 0 Å². The fourth-order valence-corrected chi connectivity index (χ4v) is 4.14. The molecular formula is C18H17ClN2O2S2. The molecule has 0 spiro atoms. The van der Waals surface area contributed by atoms with Gasteiger partial charge in [0.1, 0.15) is 0 Å². The zero-order valence-corrected chi connectivity index (χ0v) is 16.0. The van der Waals surface area contributed by atoms with E-state index >= 15 is 0 Å². The number of thiazole rings is 1. The first-order valence-electron chi connectivity index (χ1n) is 7.71. The van der Waals surface area contributed by atoms with Gasteiger partial charge in [0, 0.05) is 22.5 Å². The van der Waals surface area contributed by atoms with Crippen LogP contribution in [0.5, 0.6) is 0 Å². The van der Waals surface area contributed by atoms with Gasteiger partial charge in [-0.05, 0) is 43.2 Å². The Morgan fingerprint density at radius 2 is 1.76 bits per heavy atom. The zero-order chi connectivity index (χ0) is 17.9. The standard InChI is InChI=1S/C18H17ClN2O2S2/c1-13-21-18(12-24-13)15-4-2-14(3-5-15)10-11-20-25(22,23)17-8-6-16(19)7-9-17/h2-9,12,20H,10-11H2,1H3. The number of rotatable bonds is 6. The molecule has 1 aromatic heterocycles. The lowest BCUT2D eigenvalue weighted by Gasteiger charge is -2.07. The molecule has 0 fully saturated rings. The van der Waals surface area contributed by atoms with Crippen LogP contribution in [-0.4, -0.2) is 19.9 Å². The van der Waals surface area contributed by atoms with Gasteiger partial charge in [0.2, 0.25) is 10.0 Å². The van der Waals surface area contributed by atoms with Gasteiger partial charge in [-0.1, -0.05) is 35.9 Å². The van der Waals surface area contributed by atoms with Crippen LogP contribution in [0.2, 0.25) is 5.02 Å².